The third kappa shape index (κ3) is 3.00. The Morgan fingerprint density at radius 3 is 2.59 bits per heavy atom. The number of aromatic amines is 1. The number of aromatic nitrogens is 1. The fraction of sp³-hybridized carbons (Fsp3) is 0.143. The van der Waals surface area contributed by atoms with Gasteiger partial charge in [-0.2, -0.15) is 0 Å². The molecule has 1 atom stereocenters. The van der Waals surface area contributed by atoms with Crippen LogP contribution in [0.4, 0.5) is 0 Å². The van der Waals surface area contributed by atoms with Crippen LogP contribution in [0.5, 0.6) is 0 Å². The monoisotopic (exact) mass is 362 g/mol. The van der Waals surface area contributed by atoms with Crippen molar-refractivity contribution >= 4 is 28.4 Å². The number of aryl methyl sites for hydroxylation is 1. The van der Waals surface area contributed by atoms with Crippen LogP contribution in [0.1, 0.15) is 22.9 Å². The molecule has 1 aromatic heterocycles. The number of rotatable bonds is 4. The number of fused-ring (bicyclic) bond motifs is 1. The maximum Gasteiger partial charge on any atom is 0.345 e. The van der Waals surface area contributed by atoms with Gasteiger partial charge in [-0.3, -0.25) is 9.63 Å². The van der Waals surface area contributed by atoms with Gasteiger partial charge >= 0.3 is 5.97 Å². The molecule has 1 amide bonds. The fourth-order valence-electron chi connectivity index (χ4n) is 3.30. The molecule has 0 radical (unpaired) electrons. The first-order valence-electron chi connectivity index (χ1n) is 8.51. The molecular formula is C21H18N2O4. The molecular weight excluding hydrogens is 344 g/mol. The Hall–Kier alpha value is -3.38. The van der Waals surface area contributed by atoms with E-state index in [1.807, 2.05) is 61.5 Å². The quantitative estimate of drug-likeness (QED) is 0.424. The van der Waals surface area contributed by atoms with E-state index >= 15 is 0 Å². The minimum absolute atomic E-state index is 0.0611. The van der Waals surface area contributed by atoms with Crippen molar-refractivity contribution in [3.05, 3.63) is 77.0 Å². The smallest absolute Gasteiger partial charge is 0.345 e. The van der Waals surface area contributed by atoms with Crippen LogP contribution in [0.3, 0.4) is 0 Å². The number of carbonyl (C=O) groups is 2. The summed E-state index contributed by atoms with van der Waals surface area (Å²) in [5, 5.41) is 0.980. The molecule has 2 heterocycles. The van der Waals surface area contributed by atoms with Gasteiger partial charge in [0.05, 0.1) is 7.11 Å². The van der Waals surface area contributed by atoms with Crippen LogP contribution < -0.4 is 5.48 Å². The lowest BCUT2D eigenvalue weighted by Gasteiger charge is -2.14. The molecule has 2 aromatic carbocycles. The minimum atomic E-state index is -0.677. The Morgan fingerprint density at radius 2 is 1.89 bits per heavy atom. The molecule has 0 aliphatic carbocycles. The maximum atomic E-state index is 12.5. The average molecular weight is 362 g/mol. The second kappa shape index (κ2) is 6.74. The second-order valence-electron chi connectivity index (χ2n) is 6.39. The summed E-state index contributed by atoms with van der Waals surface area (Å²) in [7, 11) is 1.32. The summed E-state index contributed by atoms with van der Waals surface area (Å²) in [6.45, 7) is 1.98. The third-order valence-corrected chi connectivity index (χ3v) is 4.58. The van der Waals surface area contributed by atoms with Gasteiger partial charge in [-0.1, -0.05) is 48.0 Å². The van der Waals surface area contributed by atoms with E-state index in [1.54, 1.807) is 0 Å². The number of amides is 1. The van der Waals surface area contributed by atoms with Crippen LogP contribution in [-0.2, 0) is 19.2 Å². The standard InChI is InChI=1S/C21H18N2O4/c1-12-7-9-13(10-8-12)19-17(18(21(25)27-19)20(24)23-26-2)16-11-14-5-3-4-6-15(14)22-16/h3-11,19,22H,1-2H3,(H,23,24). The molecule has 136 valence electrons. The molecule has 0 spiro atoms. The average Bonchev–Trinajstić information content (AvgIpc) is 3.23. The molecule has 0 saturated carbocycles. The van der Waals surface area contributed by atoms with E-state index in [4.69, 9.17) is 9.57 Å². The number of ether oxygens (including phenoxy) is 1. The van der Waals surface area contributed by atoms with Crippen LogP contribution in [0.2, 0.25) is 0 Å². The number of hydroxylamine groups is 1. The molecule has 6 nitrogen and oxygen atoms in total. The lowest BCUT2D eigenvalue weighted by atomic mass is 9.95. The van der Waals surface area contributed by atoms with Crippen LogP contribution >= 0.6 is 0 Å². The zero-order valence-electron chi connectivity index (χ0n) is 14.9. The van der Waals surface area contributed by atoms with Crippen molar-refractivity contribution in [3.63, 3.8) is 0 Å². The number of cyclic esters (lactones) is 1. The first-order chi connectivity index (χ1) is 13.1. The lowest BCUT2D eigenvalue weighted by Crippen LogP contribution is -2.26. The minimum Gasteiger partial charge on any atom is -0.449 e. The van der Waals surface area contributed by atoms with Gasteiger partial charge < -0.3 is 9.72 Å². The Morgan fingerprint density at radius 1 is 1.15 bits per heavy atom. The Balaban J connectivity index is 1.90. The molecule has 0 bridgehead atoms. The molecule has 3 aromatic rings. The van der Waals surface area contributed by atoms with Crippen molar-refractivity contribution in [2.24, 2.45) is 0 Å². The SMILES string of the molecule is CONC(=O)C1=C(c2cc3ccccc3[nH]2)C(c2ccc(C)cc2)OC1=O. The van der Waals surface area contributed by atoms with Crippen molar-refractivity contribution in [2.75, 3.05) is 7.11 Å². The molecule has 1 aliphatic rings. The fourth-order valence-corrected chi connectivity index (χ4v) is 3.30. The van der Waals surface area contributed by atoms with Crippen molar-refractivity contribution in [2.45, 2.75) is 13.0 Å². The summed E-state index contributed by atoms with van der Waals surface area (Å²) in [6, 6.07) is 17.3. The summed E-state index contributed by atoms with van der Waals surface area (Å²) in [6.07, 6.45) is -0.677. The summed E-state index contributed by atoms with van der Waals surface area (Å²) < 4.78 is 5.58. The highest BCUT2D eigenvalue weighted by Gasteiger charge is 2.40. The van der Waals surface area contributed by atoms with E-state index in [9.17, 15) is 9.59 Å². The highest BCUT2D eigenvalue weighted by Crippen LogP contribution is 2.42. The van der Waals surface area contributed by atoms with Crippen LogP contribution in [-0.4, -0.2) is 24.0 Å². The third-order valence-electron chi connectivity index (χ3n) is 4.58. The molecule has 0 saturated heterocycles. The van der Waals surface area contributed by atoms with Gasteiger partial charge in [-0.15, -0.1) is 0 Å². The number of benzene rings is 2. The molecule has 1 aliphatic heterocycles. The zero-order valence-corrected chi connectivity index (χ0v) is 14.9. The molecule has 6 heteroatoms. The van der Waals surface area contributed by atoms with E-state index in [-0.39, 0.29) is 5.57 Å². The van der Waals surface area contributed by atoms with Gasteiger partial charge in [0.1, 0.15) is 5.57 Å². The molecule has 2 N–H and O–H groups in total. The number of H-pyrrole nitrogens is 1. The Kier molecular flexibility index (Phi) is 4.25. The molecule has 1 unspecified atom stereocenters. The Bertz CT molecular complexity index is 1030. The first kappa shape index (κ1) is 17.1. The first-order valence-corrected chi connectivity index (χ1v) is 8.51. The van der Waals surface area contributed by atoms with Gasteiger partial charge in [-0.05, 0) is 30.0 Å². The predicted molar refractivity (Wildman–Crippen MR) is 100 cm³/mol. The highest BCUT2D eigenvalue weighted by atomic mass is 16.6. The summed E-state index contributed by atoms with van der Waals surface area (Å²) in [5.74, 6) is -1.31. The predicted octanol–water partition coefficient (Wildman–Crippen LogP) is 3.21. The van der Waals surface area contributed by atoms with Gasteiger partial charge in [-0.25, -0.2) is 10.3 Å². The Labute approximate surface area is 155 Å². The maximum absolute atomic E-state index is 12.5. The van der Waals surface area contributed by atoms with Crippen LogP contribution in [0, 0.1) is 6.92 Å². The van der Waals surface area contributed by atoms with Crippen molar-refractivity contribution in [3.8, 4) is 0 Å². The van der Waals surface area contributed by atoms with Crippen molar-refractivity contribution in [1.82, 2.24) is 10.5 Å². The van der Waals surface area contributed by atoms with E-state index in [1.165, 1.54) is 7.11 Å². The topological polar surface area (TPSA) is 80.4 Å². The number of nitrogens with one attached hydrogen (secondary N) is 2. The normalized spacial score (nSPS) is 16.7. The number of para-hydroxylation sites is 1. The molecule has 4 rings (SSSR count). The van der Waals surface area contributed by atoms with Gasteiger partial charge in [0.25, 0.3) is 5.91 Å². The second-order valence-corrected chi connectivity index (χ2v) is 6.39. The summed E-state index contributed by atoms with van der Waals surface area (Å²) in [4.78, 5) is 33.0. The number of carbonyl (C=O) groups excluding carboxylic acids is 2. The van der Waals surface area contributed by atoms with E-state index in [0.29, 0.717) is 11.3 Å². The van der Waals surface area contributed by atoms with Gasteiger partial charge in [0.15, 0.2) is 6.10 Å². The zero-order chi connectivity index (χ0) is 19.0. The van der Waals surface area contributed by atoms with E-state index in [0.717, 1.165) is 22.0 Å². The van der Waals surface area contributed by atoms with Gasteiger partial charge in [0.2, 0.25) is 0 Å². The number of hydrogen-bond acceptors (Lipinski definition) is 4. The van der Waals surface area contributed by atoms with Crippen molar-refractivity contribution < 1.29 is 19.2 Å². The van der Waals surface area contributed by atoms with E-state index < -0.39 is 18.0 Å². The summed E-state index contributed by atoms with van der Waals surface area (Å²) >= 11 is 0. The number of esters is 1. The molecule has 27 heavy (non-hydrogen) atoms. The van der Waals surface area contributed by atoms with Crippen LogP contribution in [0.15, 0.2) is 60.2 Å². The molecule has 0 fully saturated rings. The lowest BCUT2D eigenvalue weighted by molar-refractivity contribution is -0.142. The van der Waals surface area contributed by atoms with E-state index in [2.05, 4.69) is 10.5 Å². The van der Waals surface area contributed by atoms with Crippen molar-refractivity contribution in [1.29, 1.82) is 0 Å². The van der Waals surface area contributed by atoms with Gasteiger partial charge in [0, 0.05) is 16.8 Å². The largest absolute Gasteiger partial charge is 0.449 e. The van der Waals surface area contributed by atoms with Crippen LogP contribution in [0.25, 0.3) is 16.5 Å². The summed E-state index contributed by atoms with van der Waals surface area (Å²) in [5.41, 5.74) is 6.11. The highest BCUT2D eigenvalue weighted by molar-refractivity contribution is 6.24. The number of hydrogen-bond donors (Lipinski definition) is 2.